The van der Waals surface area contributed by atoms with Crippen molar-refractivity contribution in [1.29, 1.82) is 0 Å². The first-order valence-electron chi connectivity index (χ1n) is 12.8. The van der Waals surface area contributed by atoms with Crippen LogP contribution in [-0.4, -0.2) is 53.0 Å². The quantitative estimate of drug-likeness (QED) is 0.247. The van der Waals surface area contributed by atoms with Crippen molar-refractivity contribution in [3.63, 3.8) is 0 Å². The molecule has 0 heterocycles. The molecular formula is C27H44N4O5. The number of aliphatic carboxylic acids is 1. The fraction of sp³-hybridized carbons (Fsp3) is 0.630. The number of nitrogens with two attached hydrogens (primary N) is 1. The van der Waals surface area contributed by atoms with Gasteiger partial charge in [-0.3, -0.25) is 14.4 Å². The molecule has 0 aliphatic rings. The summed E-state index contributed by atoms with van der Waals surface area (Å²) in [6.45, 7) is 11.4. The van der Waals surface area contributed by atoms with Gasteiger partial charge >= 0.3 is 5.97 Å². The summed E-state index contributed by atoms with van der Waals surface area (Å²) < 4.78 is 0. The van der Waals surface area contributed by atoms with Crippen LogP contribution in [0.5, 0.6) is 0 Å². The zero-order valence-electron chi connectivity index (χ0n) is 22.4. The predicted molar refractivity (Wildman–Crippen MR) is 140 cm³/mol. The van der Waals surface area contributed by atoms with Crippen molar-refractivity contribution in [2.45, 2.75) is 91.4 Å². The molecule has 5 unspecified atom stereocenters. The van der Waals surface area contributed by atoms with E-state index < -0.39 is 47.9 Å². The maximum Gasteiger partial charge on any atom is 0.326 e. The van der Waals surface area contributed by atoms with Crippen LogP contribution in [0.1, 0.15) is 66.4 Å². The number of carbonyl (C=O) groups is 4. The van der Waals surface area contributed by atoms with Gasteiger partial charge in [0.15, 0.2) is 0 Å². The topological polar surface area (TPSA) is 151 Å². The summed E-state index contributed by atoms with van der Waals surface area (Å²) in [7, 11) is 0. The molecule has 6 N–H and O–H groups in total. The van der Waals surface area contributed by atoms with E-state index >= 15 is 0 Å². The van der Waals surface area contributed by atoms with Crippen molar-refractivity contribution in [2.24, 2.45) is 23.5 Å². The summed E-state index contributed by atoms with van der Waals surface area (Å²) in [5, 5.41) is 17.6. The summed E-state index contributed by atoms with van der Waals surface area (Å²) in [4.78, 5) is 50.9. The fourth-order valence-electron chi connectivity index (χ4n) is 3.78. The minimum atomic E-state index is -1.13. The standard InChI is InChI=1S/C27H44N4O5/c1-7-18(6)23(28)26(34)30-21(15-19-11-9-8-10-12-19)25(33)29-20(13-16(2)3)24(32)31-22(27(35)36)14-17(4)5/h8-12,16-18,20-23H,7,13-15,28H2,1-6H3,(H,29,33)(H,30,34)(H,31,32)(H,35,36). The van der Waals surface area contributed by atoms with Gasteiger partial charge in [-0.2, -0.15) is 0 Å². The lowest BCUT2D eigenvalue weighted by atomic mass is 9.97. The highest BCUT2D eigenvalue weighted by Crippen LogP contribution is 2.11. The Balaban J connectivity index is 3.12. The highest BCUT2D eigenvalue weighted by Gasteiger charge is 2.31. The van der Waals surface area contributed by atoms with Crippen molar-refractivity contribution < 1.29 is 24.3 Å². The molecule has 0 spiro atoms. The molecular weight excluding hydrogens is 460 g/mol. The molecule has 3 amide bonds. The summed E-state index contributed by atoms with van der Waals surface area (Å²) >= 11 is 0. The van der Waals surface area contributed by atoms with Gasteiger partial charge in [0.1, 0.15) is 18.1 Å². The van der Waals surface area contributed by atoms with Gasteiger partial charge in [0, 0.05) is 6.42 Å². The molecule has 0 aromatic heterocycles. The number of benzene rings is 1. The molecule has 0 aliphatic heterocycles. The molecule has 0 saturated carbocycles. The Morgan fingerprint density at radius 1 is 0.778 bits per heavy atom. The van der Waals surface area contributed by atoms with E-state index in [9.17, 15) is 24.3 Å². The van der Waals surface area contributed by atoms with E-state index in [2.05, 4.69) is 16.0 Å². The second-order valence-electron chi connectivity index (χ2n) is 10.4. The van der Waals surface area contributed by atoms with Crippen LogP contribution in [0.2, 0.25) is 0 Å². The second kappa shape index (κ2) is 15.2. The van der Waals surface area contributed by atoms with Crippen molar-refractivity contribution in [3.05, 3.63) is 35.9 Å². The second-order valence-corrected chi connectivity index (χ2v) is 10.4. The van der Waals surface area contributed by atoms with Gasteiger partial charge in [0.25, 0.3) is 0 Å². The van der Waals surface area contributed by atoms with E-state index in [1.54, 1.807) is 0 Å². The molecule has 1 aromatic carbocycles. The highest BCUT2D eigenvalue weighted by molar-refractivity contribution is 5.94. The lowest BCUT2D eigenvalue weighted by Gasteiger charge is -2.27. The summed E-state index contributed by atoms with van der Waals surface area (Å²) in [5.74, 6) is -2.61. The zero-order chi connectivity index (χ0) is 27.4. The number of rotatable bonds is 15. The van der Waals surface area contributed by atoms with E-state index in [1.165, 1.54) is 0 Å². The average molecular weight is 505 g/mol. The van der Waals surface area contributed by atoms with Gasteiger partial charge in [0.05, 0.1) is 6.04 Å². The summed E-state index contributed by atoms with van der Waals surface area (Å²) in [5.41, 5.74) is 6.92. The molecule has 0 bridgehead atoms. The van der Waals surface area contributed by atoms with Crippen LogP contribution in [0.15, 0.2) is 30.3 Å². The Morgan fingerprint density at radius 2 is 1.25 bits per heavy atom. The van der Waals surface area contributed by atoms with Gasteiger partial charge in [-0.25, -0.2) is 4.79 Å². The third-order valence-corrected chi connectivity index (χ3v) is 6.14. The van der Waals surface area contributed by atoms with Crippen molar-refractivity contribution in [1.82, 2.24) is 16.0 Å². The minimum absolute atomic E-state index is 0.0513. The van der Waals surface area contributed by atoms with Crippen LogP contribution in [0.25, 0.3) is 0 Å². The maximum absolute atomic E-state index is 13.4. The number of carbonyl (C=O) groups excluding carboxylic acids is 3. The number of amides is 3. The maximum atomic E-state index is 13.4. The molecule has 0 aliphatic carbocycles. The van der Waals surface area contributed by atoms with Crippen LogP contribution in [0.4, 0.5) is 0 Å². The van der Waals surface area contributed by atoms with Crippen LogP contribution in [0.3, 0.4) is 0 Å². The van der Waals surface area contributed by atoms with Gasteiger partial charge in [-0.05, 0) is 36.2 Å². The van der Waals surface area contributed by atoms with Gasteiger partial charge in [-0.1, -0.05) is 78.3 Å². The van der Waals surface area contributed by atoms with Crippen molar-refractivity contribution >= 4 is 23.7 Å². The van der Waals surface area contributed by atoms with Gasteiger partial charge < -0.3 is 26.8 Å². The van der Waals surface area contributed by atoms with E-state index in [0.29, 0.717) is 12.8 Å². The first-order valence-corrected chi connectivity index (χ1v) is 12.8. The summed E-state index contributed by atoms with van der Waals surface area (Å²) in [6, 6.07) is 5.49. The van der Waals surface area contributed by atoms with E-state index in [-0.39, 0.29) is 30.6 Å². The third-order valence-electron chi connectivity index (χ3n) is 6.14. The molecule has 1 rings (SSSR count). The molecule has 202 valence electrons. The van der Waals surface area contributed by atoms with Crippen LogP contribution < -0.4 is 21.7 Å². The molecule has 9 heteroatoms. The Hall–Kier alpha value is -2.94. The molecule has 0 fully saturated rings. The number of hydrogen-bond acceptors (Lipinski definition) is 5. The molecule has 5 atom stereocenters. The van der Waals surface area contributed by atoms with E-state index in [1.807, 2.05) is 71.9 Å². The Bertz CT molecular complexity index is 859. The minimum Gasteiger partial charge on any atom is -0.480 e. The number of carboxylic acids is 1. The predicted octanol–water partition coefficient (Wildman–Crippen LogP) is 2.23. The average Bonchev–Trinajstić information content (AvgIpc) is 2.81. The van der Waals surface area contributed by atoms with Crippen LogP contribution in [-0.2, 0) is 25.6 Å². The Kier molecular flexibility index (Phi) is 13.2. The van der Waals surface area contributed by atoms with Gasteiger partial charge in [-0.15, -0.1) is 0 Å². The molecule has 0 saturated heterocycles. The number of carboxylic acid groups (broad SMARTS) is 1. The zero-order valence-corrected chi connectivity index (χ0v) is 22.4. The SMILES string of the molecule is CCC(C)C(N)C(=O)NC(Cc1ccccc1)C(=O)NC(CC(C)C)C(=O)NC(CC(C)C)C(=O)O. The number of hydrogen-bond donors (Lipinski definition) is 5. The lowest BCUT2D eigenvalue weighted by Crippen LogP contribution is -2.58. The Morgan fingerprint density at radius 3 is 1.75 bits per heavy atom. The normalized spacial score (nSPS) is 15.5. The highest BCUT2D eigenvalue weighted by atomic mass is 16.4. The first kappa shape index (κ1) is 31.1. The summed E-state index contributed by atoms with van der Waals surface area (Å²) in [6.07, 6.45) is 1.50. The number of nitrogens with one attached hydrogen (secondary N) is 3. The van der Waals surface area contributed by atoms with Crippen molar-refractivity contribution in [3.8, 4) is 0 Å². The third kappa shape index (κ3) is 10.8. The first-order chi connectivity index (χ1) is 16.8. The molecule has 9 nitrogen and oxygen atoms in total. The van der Waals surface area contributed by atoms with E-state index in [0.717, 1.165) is 5.56 Å². The molecule has 0 radical (unpaired) electrons. The monoisotopic (exact) mass is 504 g/mol. The molecule has 1 aromatic rings. The Labute approximate surface area is 215 Å². The largest absolute Gasteiger partial charge is 0.480 e. The molecule has 36 heavy (non-hydrogen) atoms. The van der Waals surface area contributed by atoms with E-state index in [4.69, 9.17) is 5.73 Å². The smallest absolute Gasteiger partial charge is 0.326 e. The van der Waals surface area contributed by atoms with Crippen LogP contribution in [0, 0.1) is 17.8 Å². The van der Waals surface area contributed by atoms with Crippen molar-refractivity contribution in [2.75, 3.05) is 0 Å². The van der Waals surface area contributed by atoms with Gasteiger partial charge in [0.2, 0.25) is 17.7 Å². The lowest BCUT2D eigenvalue weighted by molar-refractivity contribution is -0.143. The fourth-order valence-corrected chi connectivity index (χ4v) is 3.78. The van der Waals surface area contributed by atoms with Crippen LogP contribution >= 0.6 is 0 Å².